The highest BCUT2D eigenvalue weighted by Gasteiger charge is 2.06. The minimum absolute atomic E-state index is 0. The number of hydrogen-bond donors (Lipinski definition) is 2. The topological polar surface area (TPSA) is 74.5 Å². The fourth-order valence-electron chi connectivity index (χ4n) is 2.45. The summed E-state index contributed by atoms with van der Waals surface area (Å²) in [5.74, 6) is 0.811. The van der Waals surface area contributed by atoms with Crippen molar-refractivity contribution in [3.8, 4) is 0 Å². The van der Waals surface area contributed by atoms with Gasteiger partial charge in [-0.25, -0.2) is 4.99 Å². The molecule has 0 spiro atoms. The molecule has 1 aromatic carbocycles. The monoisotopic (exact) mass is 484 g/mol. The van der Waals surface area contributed by atoms with Crippen LogP contribution in [0.2, 0.25) is 0 Å². The summed E-state index contributed by atoms with van der Waals surface area (Å²) < 4.78 is 1.90. The molecular formula is C19H29IN6O. The number of aromatic nitrogens is 2. The van der Waals surface area contributed by atoms with Crippen molar-refractivity contribution in [2.75, 3.05) is 27.2 Å². The second kappa shape index (κ2) is 12.3. The van der Waals surface area contributed by atoms with Gasteiger partial charge in [0.05, 0.1) is 13.1 Å². The highest BCUT2D eigenvalue weighted by Crippen LogP contribution is 2.11. The molecule has 0 radical (unpaired) electrons. The first kappa shape index (κ1) is 22.9. The molecule has 1 heterocycles. The second-order valence-electron chi connectivity index (χ2n) is 6.13. The molecule has 2 N–H and O–H groups in total. The molecule has 1 amide bonds. The number of halogens is 1. The number of amides is 1. The zero-order chi connectivity index (χ0) is 18.8. The van der Waals surface area contributed by atoms with Crippen molar-refractivity contribution in [1.82, 2.24) is 25.3 Å². The van der Waals surface area contributed by atoms with E-state index in [1.165, 1.54) is 5.56 Å². The van der Waals surface area contributed by atoms with Gasteiger partial charge in [0.1, 0.15) is 0 Å². The maximum Gasteiger partial charge on any atom is 0.223 e. The normalized spacial score (nSPS) is 10.9. The number of nitrogens with one attached hydrogen (secondary N) is 2. The zero-order valence-electron chi connectivity index (χ0n) is 16.2. The van der Waals surface area contributed by atoms with Crippen molar-refractivity contribution >= 4 is 35.8 Å². The van der Waals surface area contributed by atoms with Crippen LogP contribution in [0.4, 0.5) is 0 Å². The Labute approximate surface area is 178 Å². The van der Waals surface area contributed by atoms with Crippen LogP contribution >= 0.6 is 24.0 Å². The molecule has 0 aliphatic heterocycles. The molecule has 0 aliphatic carbocycles. The number of rotatable bonds is 8. The Kier molecular flexibility index (Phi) is 10.5. The Balaban J connectivity index is 0.00000364. The van der Waals surface area contributed by atoms with Gasteiger partial charge in [-0.05, 0) is 24.1 Å². The Morgan fingerprint density at radius 2 is 1.93 bits per heavy atom. The Hall–Kier alpha value is -2.10. The van der Waals surface area contributed by atoms with Crippen LogP contribution in [-0.2, 0) is 17.9 Å². The minimum Gasteiger partial charge on any atom is -0.357 e. The van der Waals surface area contributed by atoms with E-state index in [-0.39, 0.29) is 29.9 Å². The van der Waals surface area contributed by atoms with Crippen molar-refractivity contribution in [2.24, 2.45) is 4.99 Å². The fourth-order valence-corrected chi connectivity index (χ4v) is 2.45. The van der Waals surface area contributed by atoms with E-state index >= 15 is 0 Å². The highest BCUT2D eigenvalue weighted by atomic mass is 127. The van der Waals surface area contributed by atoms with Crippen LogP contribution in [0.5, 0.6) is 0 Å². The molecule has 8 heteroatoms. The summed E-state index contributed by atoms with van der Waals surface area (Å²) in [6.45, 7) is 4.63. The van der Waals surface area contributed by atoms with Gasteiger partial charge in [-0.15, -0.1) is 24.0 Å². The van der Waals surface area contributed by atoms with Gasteiger partial charge in [0.25, 0.3) is 0 Å². The van der Waals surface area contributed by atoms with Gasteiger partial charge in [0.2, 0.25) is 5.91 Å². The lowest BCUT2D eigenvalue weighted by Crippen LogP contribution is -2.39. The lowest BCUT2D eigenvalue weighted by Gasteiger charge is -2.14. The quantitative estimate of drug-likeness (QED) is 0.342. The van der Waals surface area contributed by atoms with Crippen LogP contribution in [0.15, 0.2) is 47.7 Å². The molecule has 2 rings (SSSR count). The summed E-state index contributed by atoms with van der Waals surface area (Å²) in [4.78, 5) is 17.9. The Morgan fingerprint density at radius 3 is 2.56 bits per heavy atom. The highest BCUT2D eigenvalue weighted by molar-refractivity contribution is 14.0. The molecule has 0 unspecified atom stereocenters. The van der Waals surface area contributed by atoms with Gasteiger partial charge in [-0.2, -0.15) is 5.10 Å². The van der Waals surface area contributed by atoms with Crippen LogP contribution in [0.1, 0.15) is 24.5 Å². The van der Waals surface area contributed by atoms with E-state index in [0.717, 1.165) is 18.7 Å². The van der Waals surface area contributed by atoms with Gasteiger partial charge in [0.15, 0.2) is 5.96 Å². The largest absolute Gasteiger partial charge is 0.357 e. The number of nitrogens with zero attached hydrogens (tertiary/aromatic N) is 4. The Bertz CT molecular complexity index is 715. The Morgan fingerprint density at radius 1 is 1.19 bits per heavy atom. The molecule has 2 aromatic rings. The third-order valence-corrected chi connectivity index (χ3v) is 3.89. The maximum atomic E-state index is 11.7. The average molecular weight is 484 g/mol. The number of carbonyl (C=O) groups excluding carboxylic acids is 1. The van der Waals surface area contributed by atoms with Crippen molar-refractivity contribution in [3.05, 3.63) is 53.9 Å². The minimum atomic E-state index is 0. The third-order valence-electron chi connectivity index (χ3n) is 3.89. The number of guanidine groups is 1. The maximum absolute atomic E-state index is 11.7. The van der Waals surface area contributed by atoms with Crippen molar-refractivity contribution < 1.29 is 4.79 Å². The van der Waals surface area contributed by atoms with E-state index in [9.17, 15) is 4.79 Å². The molecule has 0 saturated carbocycles. The van der Waals surface area contributed by atoms with Gasteiger partial charge in [-0.3, -0.25) is 9.48 Å². The molecule has 27 heavy (non-hydrogen) atoms. The molecular weight excluding hydrogens is 455 g/mol. The number of hydrogen-bond acceptors (Lipinski definition) is 3. The predicted octanol–water partition coefficient (Wildman–Crippen LogP) is 2.08. The molecule has 1 aromatic heterocycles. The van der Waals surface area contributed by atoms with E-state index in [1.807, 2.05) is 36.0 Å². The lowest BCUT2D eigenvalue weighted by molar-refractivity contribution is -0.128. The summed E-state index contributed by atoms with van der Waals surface area (Å²) in [7, 11) is 3.52. The summed E-state index contributed by atoms with van der Waals surface area (Å²) in [5, 5.41) is 10.7. The van der Waals surface area contributed by atoms with Crippen molar-refractivity contribution in [3.63, 3.8) is 0 Å². The first-order valence-corrected chi connectivity index (χ1v) is 8.86. The molecule has 0 bridgehead atoms. The van der Waals surface area contributed by atoms with Crippen molar-refractivity contribution in [1.29, 1.82) is 0 Å². The van der Waals surface area contributed by atoms with Crippen LogP contribution in [0.25, 0.3) is 0 Å². The molecule has 148 valence electrons. The van der Waals surface area contributed by atoms with E-state index in [4.69, 9.17) is 0 Å². The third kappa shape index (κ3) is 7.98. The molecule has 0 aliphatic rings. The van der Waals surface area contributed by atoms with E-state index in [1.54, 1.807) is 25.2 Å². The van der Waals surface area contributed by atoms with Crippen LogP contribution < -0.4 is 10.6 Å². The van der Waals surface area contributed by atoms with E-state index in [0.29, 0.717) is 25.5 Å². The number of carbonyl (C=O) groups is 1. The first-order valence-electron chi connectivity index (χ1n) is 8.86. The predicted molar refractivity (Wildman–Crippen MR) is 119 cm³/mol. The van der Waals surface area contributed by atoms with Gasteiger partial charge in [-0.1, -0.05) is 24.3 Å². The zero-order valence-corrected chi connectivity index (χ0v) is 18.5. The smallest absolute Gasteiger partial charge is 0.223 e. The fraction of sp³-hybridized carbons (Fsp3) is 0.421. The van der Waals surface area contributed by atoms with Crippen LogP contribution in [0.3, 0.4) is 0 Å². The number of aliphatic imine (C=N–C) groups is 1. The standard InChI is InChI=1S/C19H28N6O.HI/c1-4-20-19(21-12-10-18(26)24(2)3)22-14-16-8-5-6-9-17(16)15-25-13-7-11-23-25;/h5-9,11,13H,4,10,12,14-15H2,1-3H3,(H2,20,21,22);1H. The number of benzene rings is 1. The van der Waals surface area contributed by atoms with Gasteiger partial charge < -0.3 is 15.5 Å². The summed E-state index contributed by atoms with van der Waals surface area (Å²) in [6, 6.07) is 10.2. The average Bonchev–Trinajstić information content (AvgIpc) is 3.13. The molecule has 0 atom stereocenters. The summed E-state index contributed by atoms with van der Waals surface area (Å²) in [5.41, 5.74) is 2.35. The molecule has 0 fully saturated rings. The van der Waals surface area contributed by atoms with Gasteiger partial charge in [0, 0.05) is 46.0 Å². The lowest BCUT2D eigenvalue weighted by atomic mass is 10.1. The molecule has 0 saturated heterocycles. The SMILES string of the molecule is CCNC(=NCc1ccccc1Cn1cccn1)NCCC(=O)N(C)C.I. The summed E-state index contributed by atoms with van der Waals surface area (Å²) >= 11 is 0. The second-order valence-corrected chi connectivity index (χ2v) is 6.13. The van der Waals surface area contributed by atoms with Gasteiger partial charge >= 0.3 is 0 Å². The van der Waals surface area contributed by atoms with E-state index < -0.39 is 0 Å². The van der Waals surface area contributed by atoms with Crippen LogP contribution in [0, 0.1) is 0 Å². The molecule has 7 nitrogen and oxygen atoms in total. The van der Waals surface area contributed by atoms with Crippen molar-refractivity contribution in [2.45, 2.75) is 26.4 Å². The summed E-state index contributed by atoms with van der Waals surface area (Å²) in [6.07, 6.45) is 4.17. The first-order chi connectivity index (χ1) is 12.6. The van der Waals surface area contributed by atoms with Crippen LogP contribution in [-0.4, -0.2) is 53.7 Å². The van der Waals surface area contributed by atoms with E-state index in [2.05, 4.69) is 32.9 Å².